The van der Waals surface area contributed by atoms with Gasteiger partial charge in [0, 0.05) is 17.6 Å². The van der Waals surface area contributed by atoms with Crippen LogP contribution < -0.4 is 4.74 Å². The van der Waals surface area contributed by atoms with Gasteiger partial charge < -0.3 is 19.0 Å². The molecule has 0 bridgehead atoms. The van der Waals surface area contributed by atoms with E-state index in [-0.39, 0.29) is 13.2 Å². The van der Waals surface area contributed by atoms with Crippen LogP contribution in [0.2, 0.25) is 0 Å². The van der Waals surface area contributed by atoms with Crippen molar-refractivity contribution in [2.45, 2.75) is 6.10 Å². The molecule has 25 heavy (non-hydrogen) atoms. The first-order valence-corrected chi connectivity index (χ1v) is 7.66. The van der Waals surface area contributed by atoms with E-state index >= 15 is 0 Å². The highest BCUT2D eigenvalue weighted by atomic mass is 16.5. The number of aliphatic hydroxyl groups excluding tert-OH is 1. The van der Waals surface area contributed by atoms with Crippen molar-refractivity contribution in [3.05, 3.63) is 60.8 Å². The van der Waals surface area contributed by atoms with E-state index in [0.29, 0.717) is 22.2 Å². The summed E-state index contributed by atoms with van der Waals surface area (Å²) >= 11 is 0. The van der Waals surface area contributed by atoms with Crippen molar-refractivity contribution in [2.75, 3.05) is 13.2 Å². The molecule has 0 fully saturated rings. The first kappa shape index (κ1) is 16.6. The standard InChI is InChI=1S/C19H16N2O4/c1-2-13(22)12-25-19(23)18-15-7-6-14(24-10-8-20)11-17(15)21-9-4-3-5-16(18)21/h2-7,9,11,13,22H,1,10,12H2. The molecule has 0 aliphatic heterocycles. The van der Waals surface area contributed by atoms with Gasteiger partial charge in [-0.2, -0.15) is 5.26 Å². The second-order valence-corrected chi connectivity index (χ2v) is 5.36. The van der Waals surface area contributed by atoms with E-state index in [0.717, 1.165) is 5.52 Å². The lowest BCUT2D eigenvalue weighted by Gasteiger charge is -2.07. The average molecular weight is 336 g/mol. The lowest BCUT2D eigenvalue weighted by molar-refractivity contribution is 0.0349. The van der Waals surface area contributed by atoms with Gasteiger partial charge in [0.2, 0.25) is 0 Å². The highest BCUT2D eigenvalue weighted by molar-refractivity contribution is 6.11. The van der Waals surface area contributed by atoms with Crippen LogP contribution in [0.15, 0.2) is 55.3 Å². The average Bonchev–Trinajstić information content (AvgIpc) is 2.98. The fourth-order valence-corrected chi connectivity index (χ4v) is 2.64. The van der Waals surface area contributed by atoms with Gasteiger partial charge in [0.1, 0.15) is 24.5 Å². The summed E-state index contributed by atoms with van der Waals surface area (Å²) in [6.45, 7) is 3.25. The van der Waals surface area contributed by atoms with Crippen molar-refractivity contribution in [1.29, 1.82) is 5.26 Å². The van der Waals surface area contributed by atoms with Crippen LogP contribution in [-0.2, 0) is 4.74 Å². The highest BCUT2D eigenvalue weighted by Crippen LogP contribution is 2.30. The summed E-state index contributed by atoms with van der Waals surface area (Å²) in [4.78, 5) is 12.6. The van der Waals surface area contributed by atoms with E-state index < -0.39 is 12.1 Å². The quantitative estimate of drug-likeness (QED) is 0.553. The molecule has 1 atom stereocenters. The monoisotopic (exact) mass is 336 g/mol. The second-order valence-electron chi connectivity index (χ2n) is 5.36. The number of hydrogen-bond acceptors (Lipinski definition) is 5. The number of aliphatic hydroxyl groups is 1. The first-order chi connectivity index (χ1) is 12.2. The highest BCUT2D eigenvalue weighted by Gasteiger charge is 2.20. The zero-order chi connectivity index (χ0) is 17.8. The summed E-state index contributed by atoms with van der Waals surface area (Å²) in [5, 5.41) is 18.9. The molecular weight excluding hydrogens is 320 g/mol. The Kier molecular flexibility index (Phi) is 4.68. The molecule has 6 nitrogen and oxygen atoms in total. The molecule has 1 N–H and O–H groups in total. The minimum atomic E-state index is -0.907. The van der Waals surface area contributed by atoms with Gasteiger partial charge in [0.05, 0.1) is 16.6 Å². The van der Waals surface area contributed by atoms with Crippen LogP contribution in [-0.4, -0.2) is 34.8 Å². The van der Waals surface area contributed by atoms with Gasteiger partial charge in [0.25, 0.3) is 0 Å². The molecule has 0 saturated heterocycles. The fourth-order valence-electron chi connectivity index (χ4n) is 2.64. The number of esters is 1. The number of pyridine rings is 1. The van der Waals surface area contributed by atoms with Crippen LogP contribution >= 0.6 is 0 Å². The van der Waals surface area contributed by atoms with Crippen LogP contribution in [0.25, 0.3) is 16.4 Å². The molecule has 0 radical (unpaired) electrons. The van der Waals surface area contributed by atoms with Crippen molar-refractivity contribution >= 4 is 22.4 Å². The lowest BCUT2D eigenvalue weighted by Crippen LogP contribution is -2.16. The van der Waals surface area contributed by atoms with Crippen LogP contribution in [0.4, 0.5) is 0 Å². The molecule has 6 heteroatoms. The van der Waals surface area contributed by atoms with E-state index in [1.807, 2.05) is 34.9 Å². The predicted molar refractivity (Wildman–Crippen MR) is 92.5 cm³/mol. The Hall–Kier alpha value is -3.30. The number of nitriles is 1. The van der Waals surface area contributed by atoms with Gasteiger partial charge in [-0.1, -0.05) is 12.1 Å². The number of aromatic nitrogens is 1. The number of benzene rings is 1. The van der Waals surface area contributed by atoms with Gasteiger partial charge >= 0.3 is 5.97 Å². The predicted octanol–water partition coefficient (Wildman–Crippen LogP) is 2.70. The summed E-state index contributed by atoms with van der Waals surface area (Å²) < 4.78 is 12.4. The molecule has 0 amide bonds. The first-order valence-electron chi connectivity index (χ1n) is 7.66. The van der Waals surface area contributed by atoms with Crippen molar-refractivity contribution in [3.63, 3.8) is 0 Å². The number of hydrogen-bond donors (Lipinski definition) is 1. The van der Waals surface area contributed by atoms with E-state index in [1.165, 1.54) is 6.08 Å². The Bertz CT molecular complexity index is 984. The molecule has 1 aromatic carbocycles. The molecule has 0 saturated carbocycles. The van der Waals surface area contributed by atoms with Crippen molar-refractivity contribution in [1.82, 2.24) is 4.40 Å². The fraction of sp³-hybridized carbons (Fsp3) is 0.158. The van der Waals surface area contributed by atoms with Crippen molar-refractivity contribution < 1.29 is 19.4 Å². The largest absolute Gasteiger partial charge is 0.479 e. The second kappa shape index (κ2) is 7.07. The number of rotatable bonds is 6. The van der Waals surface area contributed by atoms with Gasteiger partial charge in [-0.25, -0.2) is 4.79 Å². The number of ether oxygens (including phenoxy) is 2. The Morgan fingerprint density at radius 1 is 1.36 bits per heavy atom. The van der Waals surface area contributed by atoms with Crippen LogP contribution in [0, 0.1) is 11.3 Å². The summed E-state index contributed by atoms with van der Waals surface area (Å²) in [6.07, 6.45) is 2.23. The third kappa shape index (κ3) is 3.18. The van der Waals surface area contributed by atoms with E-state index in [9.17, 15) is 9.90 Å². The molecule has 3 aromatic rings. The maximum atomic E-state index is 12.6. The molecule has 2 heterocycles. The molecule has 126 valence electrons. The lowest BCUT2D eigenvalue weighted by atomic mass is 10.1. The van der Waals surface area contributed by atoms with Gasteiger partial charge in [0.15, 0.2) is 6.61 Å². The number of fused-ring (bicyclic) bond motifs is 3. The van der Waals surface area contributed by atoms with E-state index in [1.54, 1.807) is 18.2 Å². The number of nitrogens with zero attached hydrogens (tertiary/aromatic N) is 2. The van der Waals surface area contributed by atoms with E-state index in [4.69, 9.17) is 14.7 Å². The third-order valence-corrected chi connectivity index (χ3v) is 3.78. The Morgan fingerprint density at radius 3 is 2.96 bits per heavy atom. The molecule has 0 spiro atoms. The zero-order valence-corrected chi connectivity index (χ0v) is 13.4. The smallest absolute Gasteiger partial charge is 0.341 e. The van der Waals surface area contributed by atoms with Crippen molar-refractivity contribution in [3.8, 4) is 11.8 Å². The summed E-state index contributed by atoms with van der Waals surface area (Å²) in [7, 11) is 0. The topological polar surface area (TPSA) is 84.0 Å². The molecule has 0 aliphatic rings. The molecule has 3 rings (SSSR count). The van der Waals surface area contributed by atoms with Crippen molar-refractivity contribution in [2.24, 2.45) is 0 Å². The van der Waals surface area contributed by atoms with Crippen LogP contribution in [0.3, 0.4) is 0 Å². The zero-order valence-electron chi connectivity index (χ0n) is 13.4. The van der Waals surface area contributed by atoms with Crippen LogP contribution in [0.5, 0.6) is 5.75 Å². The Labute approximate surface area is 144 Å². The maximum absolute atomic E-state index is 12.6. The maximum Gasteiger partial charge on any atom is 0.341 e. The molecule has 1 unspecified atom stereocenters. The summed E-state index contributed by atoms with van der Waals surface area (Å²) in [5.41, 5.74) is 1.87. The normalized spacial score (nSPS) is 11.8. The Morgan fingerprint density at radius 2 is 2.20 bits per heavy atom. The molecule has 0 aliphatic carbocycles. The van der Waals surface area contributed by atoms with Gasteiger partial charge in [-0.05, 0) is 24.3 Å². The third-order valence-electron chi connectivity index (χ3n) is 3.78. The van der Waals surface area contributed by atoms with Gasteiger partial charge in [-0.3, -0.25) is 0 Å². The SMILES string of the molecule is C=CC(O)COC(=O)c1c2ccc(OCC#N)cc2n2ccccc12. The van der Waals surface area contributed by atoms with Gasteiger partial charge in [-0.15, -0.1) is 6.58 Å². The van der Waals surface area contributed by atoms with E-state index in [2.05, 4.69) is 6.58 Å². The number of carbonyl (C=O) groups excluding carboxylic acids is 1. The minimum Gasteiger partial charge on any atom is -0.479 e. The molecule has 2 aromatic heterocycles. The Balaban J connectivity index is 2.08. The van der Waals surface area contributed by atoms with Crippen LogP contribution in [0.1, 0.15) is 10.4 Å². The number of carbonyl (C=O) groups is 1. The minimum absolute atomic E-state index is 0.0524. The summed E-state index contributed by atoms with van der Waals surface area (Å²) in [5.74, 6) is 0.0181. The summed E-state index contributed by atoms with van der Waals surface area (Å²) in [6, 6.07) is 12.7. The molecular formula is C19H16N2O4.